The van der Waals surface area contributed by atoms with Crippen LogP contribution >= 0.6 is 0 Å². The molecule has 3 N–H and O–H groups in total. The maximum atomic E-state index is 11.6. The molecule has 0 aliphatic rings. The number of hydrogen-bond donors (Lipinski definition) is 2. The van der Waals surface area contributed by atoms with Gasteiger partial charge in [0.2, 0.25) is 0 Å². The van der Waals surface area contributed by atoms with Gasteiger partial charge in [0.25, 0.3) is 5.91 Å². The first-order valence-electron chi connectivity index (χ1n) is 5.86. The smallest absolute Gasteiger partial charge is 0.260 e. The quantitative estimate of drug-likeness (QED) is 0.766. The summed E-state index contributed by atoms with van der Waals surface area (Å²) >= 11 is 0. The van der Waals surface area contributed by atoms with Crippen LogP contribution < -0.4 is 10.5 Å². The second kappa shape index (κ2) is 6.98. The second-order valence-electron chi connectivity index (χ2n) is 4.26. The first kappa shape index (κ1) is 14.5. The van der Waals surface area contributed by atoms with Gasteiger partial charge in [0, 0.05) is 20.1 Å². The number of hydrogen-bond acceptors (Lipinski definition) is 4. The molecule has 5 heteroatoms. The highest BCUT2D eigenvalue weighted by molar-refractivity contribution is 5.77. The van der Waals surface area contributed by atoms with E-state index >= 15 is 0 Å². The van der Waals surface area contributed by atoms with Crippen LogP contribution in [-0.4, -0.2) is 42.2 Å². The minimum Gasteiger partial charge on any atom is -0.484 e. The van der Waals surface area contributed by atoms with Crippen LogP contribution in [0.25, 0.3) is 0 Å². The minimum atomic E-state index is -0.539. The normalized spacial score (nSPS) is 12.0. The van der Waals surface area contributed by atoms with Gasteiger partial charge in [0.1, 0.15) is 5.75 Å². The van der Waals surface area contributed by atoms with Crippen LogP contribution in [0, 0.1) is 0 Å². The van der Waals surface area contributed by atoms with Gasteiger partial charge in [-0.1, -0.05) is 12.1 Å². The average molecular weight is 252 g/mol. The minimum absolute atomic E-state index is 0.0365. The van der Waals surface area contributed by atoms with Crippen molar-refractivity contribution in [2.24, 2.45) is 5.73 Å². The Morgan fingerprint density at radius 2 is 2.06 bits per heavy atom. The predicted octanol–water partition coefficient (Wildman–Crippen LogP) is 0.363. The summed E-state index contributed by atoms with van der Waals surface area (Å²) in [4.78, 5) is 13.1. The van der Waals surface area contributed by atoms with E-state index in [1.54, 1.807) is 26.1 Å². The van der Waals surface area contributed by atoms with E-state index in [1.165, 1.54) is 4.90 Å². The number of ether oxygens (including phenoxy) is 1. The molecule has 0 saturated carbocycles. The molecule has 18 heavy (non-hydrogen) atoms. The van der Waals surface area contributed by atoms with E-state index in [2.05, 4.69) is 0 Å². The van der Waals surface area contributed by atoms with Gasteiger partial charge in [0.15, 0.2) is 6.61 Å². The summed E-state index contributed by atoms with van der Waals surface area (Å²) in [7, 11) is 1.63. The second-order valence-corrected chi connectivity index (χ2v) is 4.26. The molecule has 1 rings (SSSR count). The fraction of sp³-hybridized carbons (Fsp3) is 0.462. The molecule has 1 unspecified atom stereocenters. The van der Waals surface area contributed by atoms with Crippen LogP contribution in [0.1, 0.15) is 12.5 Å². The Hall–Kier alpha value is -1.59. The van der Waals surface area contributed by atoms with Gasteiger partial charge in [-0.2, -0.15) is 0 Å². The Morgan fingerprint density at radius 1 is 1.44 bits per heavy atom. The zero-order valence-electron chi connectivity index (χ0n) is 10.8. The van der Waals surface area contributed by atoms with Crippen molar-refractivity contribution in [3.63, 3.8) is 0 Å². The lowest BCUT2D eigenvalue weighted by molar-refractivity contribution is -0.133. The van der Waals surface area contributed by atoms with Crippen molar-refractivity contribution in [2.75, 3.05) is 20.2 Å². The van der Waals surface area contributed by atoms with Crippen molar-refractivity contribution in [3.05, 3.63) is 29.8 Å². The summed E-state index contributed by atoms with van der Waals surface area (Å²) in [6.07, 6.45) is -0.539. The van der Waals surface area contributed by atoms with Crippen molar-refractivity contribution < 1.29 is 14.6 Å². The molecule has 0 heterocycles. The lowest BCUT2D eigenvalue weighted by atomic mass is 10.2. The lowest BCUT2D eigenvalue weighted by Crippen LogP contribution is -2.36. The summed E-state index contributed by atoms with van der Waals surface area (Å²) in [6.45, 7) is 2.38. The Balaban J connectivity index is 2.41. The predicted molar refractivity (Wildman–Crippen MR) is 69.1 cm³/mol. The molecule has 1 aromatic carbocycles. The monoisotopic (exact) mass is 252 g/mol. The third-order valence-electron chi connectivity index (χ3n) is 2.49. The molecular formula is C13H20N2O3. The van der Waals surface area contributed by atoms with Gasteiger partial charge >= 0.3 is 0 Å². The first-order chi connectivity index (χ1) is 8.52. The van der Waals surface area contributed by atoms with E-state index < -0.39 is 6.10 Å². The SMILES string of the molecule is CC(O)CN(C)C(=O)COc1ccc(CN)cc1. The van der Waals surface area contributed by atoms with Crippen molar-refractivity contribution in [3.8, 4) is 5.75 Å². The zero-order valence-corrected chi connectivity index (χ0v) is 10.8. The number of nitrogens with zero attached hydrogens (tertiary/aromatic N) is 1. The van der Waals surface area contributed by atoms with E-state index in [4.69, 9.17) is 15.6 Å². The van der Waals surface area contributed by atoms with Crippen molar-refractivity contribution in [2.45, 2.75) is 19.6 Å². The van der Waals surface area contributed by atoms with E-state index in [1.807, 2.05) is 12.1 Å². The largest absolute Gasteiger partial charge is 0.484 e. The van der Waals surface area contributed by atoms with E-state index in [-0.39, 0.29) is 12.5 Å². The number of amides is 1. The molecule has 0 saturated heterocycles. The van der Waals surface area contributed by atoms with Crippen molar-refractivity contribution in [1.29, 1.82) is 0 Å². The Labute approximate surface area is 107 Å². The summed E-state index contributed by atoms with van der Waals surface area (Å²) in [5, 5.41) is 9.17. The number of aliphatic hydroxyl groups excluding tert-OH is 1. The Morgan fingerprint density at radius 3 is 2.56 bits per heavy atom. The van der Waals surface area contributed by atoms with Gasteiger partial charge in [0.05, 0.1) is 6.10 Å². The number of aliphatic hydroxyl groups is 1. The van der Waals surface area contributed by atoms with Gasteiger partial charge in [-0.3, -0.25) is 4.79 Å². The zero-order chi connectivity index (χ0) is 13.5. The molecule has 1 atom stereocenters. The van der Waals surface area contributed by atoms with Crippen LogP contribution in [0.15, 0.2) is 24.3 Å². The van der Waals surface area contributed by atoms with Gasteiger partial charge in [-0.15, -0.1) is 0 Å². The van der Waals surface area contributed by atoms with Gasteiger partial charge in [-0.05, 0) is 24.6 Å². The molecule has 0 aromatic heterocycles. The maximum absolute atomic E-state index is 11.6. The molecule has 5 nitrogen and oxygen atoms in total. The van der Waals surface area contributed by atoms with Crippen LogP contribution in [0.5, 0.6) is 5.75 Å². The molecular weight excluding hydrogens is 232 g/mol. The first-order valence-corrected chi connectivity index (χ1v) is 5.86. The summed E-state index contributed by atoms with van der Waals surface area (Å²) < 4.78 is 5.36. The van der Waals surface area contributed by atoms with Gasteiger partial charge < -0.3 is 20.5 Å². The number of carbonyl (C=O) groups excluding carboxylic acids is 1. The lowest BCUT2D eigenvalue weighted by Gasteiger charge is -2.18. The summed E-state index contributed by atoms with van der Waals surface area (Å²) in [5.41, 5.74) is 6.50. The number of likely N-dealkylation sites (N-methyl/N-ethyl adjacent to an activating group) is 1. The third kappa shape index (κ3) is 4.73. The highest BCUT2D eigenvalue weighted by Crippen LogP contribution is 2.11. The molecule has 0 aliphatic heterocycles. The van der Waals surface area contributed by atoms with E-state index in [0.29, 0.717) is 18.8 Å². The van der Waals surface area contributed by atoms with Crippen LogP contribution in [0.4, 0.5) is 0 Å². The van der Waals surface area contributed by atoms with Crippen LogP contribution in [-0.2, 0) is 11.3 Å². The number of rotatable bonds is 6. The van der Waals surface area contributed by atoms with Gasteiger partial charge in [-0.25, -0.2) is 0 Å². The van der Waals surface area contributed by atoms with Crippen LogP contribution in [0.2, 0.25) is 0 Å². The Kier molecular flexibility index (Phi) is 5.61. The molecule has 100 valence electrons. The van der Waals surface area contributed by atoms with Crippen molar-refractivity contribution >= 4 is 5.91 Å². The maximum Gasteiger partial charge on any atom is 0.260 e. The fourth-order valence-corrected chi connectivity index (χ4v) is 1.48. The molecule has 1 amide bonds. The molecule has 0 spiro atoms. The highest BCUT2D eigenvalue weighted by atomic mass is 16.5. The molecule has 1 aromatic rings. The van der Waals surface area contributed by atoms with Crippen LogP contribution in [0.3, 0.4) is 0 Å². The standard InChI is InChI=1S/C13H20N2O3/c1-10(16)8-15(2)13(17)9-18-12-5-3-11(7-14)4-6-12/h3-6,10,16H,7-9,14H2,1-2H3. The number of carbonyl (C=O) groups is 1. The summed E-state index contributed by atoms with van der Waals surface area (Å²) in [5.74, 6) is 0.463. The third-order valence-corrected chi connectivity index (χ3v) is 2.49. The fourth-order valence-electron chi connectivity index (χ4n) is 1.48. The van der Waals surface area contributed by atoms with E-state index in [0.717, 1.165) is 5.56 Å². The van der Waals surface area contributed by atoms with Crippen molar-refractivity contribution in [1.82, 2.24) is 4.90 Å². The highest BCUT2D eigenvalue weighted by Gasteiger charge is 2.11. The molecule has 0 radical (unpaired) electrons. The Bertz CT molecular complexity index is 376. The molecule has 0 bridgehead atoms. The van der Waals surface area contributed by atoms with E-state index in [9.17, 15) is 4.79 Å². The topological polar surface area (TPSA) is 75.8 Å². The number of benzene rings is 1. The number of nitrogens with two attached hydrogens (primary N) is 1. The average Bonchev–Trinajstić information content (AvgIpc) is 2.35. The molecule has 0 aliphatic carbocycles. The molecule has 0 fully saturated rings. The summed E-state index contributed by atoms with van der Waals surface area (Å²) in [6, 6.07) is 7.28.